The molecule has 0 bridgehead atoms. The van der Waals surface area contributed by atoms with Crippen LogP contribution in [0.15, 0.2) is 18.2 Å². The fourth-order valence-electron chi connectivity index (χ4n) is 3.16. The Morgan fingerprint density at radius 2 is 2.00 bits per heavy atom. The second-order valence-electron chi connectivity index (χ2n) is 6.30. The van der Waals surface area contributed by atoms with Crippen molar-refractivity contribution in [1.82, 2.24) is 9.80 Å². The molecule has 1 atom stereocenters. The normalized spacial score (nSPS) is 23.3. The summed E-state index contributed by atoms with van der Waals surface area (Å²) in [5.74, 6) is 0.921. The largest absolute Gasteiger partial charge is 0.491 e. The number of benzene rings is 1. The second-order valence-corrected chi connectivity index (χ2v) is 6.70. The molecule has 0 radical (unpaired) electrons. The predicted octanol–water partition coefficient (Wildman–Crippen LogP) is 2.51. The van der Waals surface area contributed by atoms with Crippen molar-refractivity contribution in [1.29, 1.82) is 0 Å². The maximum absolute atomic E-state index is 13.0. The molecule has 0 amide bonds. The van der Waals surface area contributed by atoms with Gasteiger partial charge in [-0.2, -0.15) is 0 Å². The van der Waals surface area contributed by atoms with Crippen molar-refractivity contribution in [2.45, 2.75) is 6.42 Å². The number of ether oxygens (including phenoxy) is 2. The molecule has 128 valence electrons. The van der Waals surface area contributed by atoms with Crippen molar-refractivity contribution in [3.05, 3.63) is 29.0 Å². The molecule has 0 aliphatic carbocycles. The Morgan fingerprint density at radius 3 is 2.70 bits per heavy atom. The van der Waals surface area contributed by atoms with Gasteiger partial charge in [-0.1, -0.05) is 11.6 Å². The van der Waals surface area contributed by atoms with E-state index in [0.29, 0.717) is 23.3 Å². The standard InChI is InChI=1S/C17H24ClFN2O2/c18-16-11-15(19)1-2-17(16)23-10-8-20-4-6-21(7-5-20)12-14-3-9-22-13-14/h1-2,11,14H,3-10,12-13H2. The first-order valence-corrected chi connectivity index (χ1v) is 8.69. The molecule has 4 nitrogen and oxygen atoms in total. The zero-order valence-electron chi connectivity index (χ0n) is 13.3. The first kappa shape index (κ1) is 17.0. The van der Waals surface area contributed by atoms with Crippen LogP contribution < -0.4 is 4.74 Å². The number of hydrogen-bond acceptors (Lipinski definition) is 4. The van der Waals surface area contributed by atoms with Crippen molar-refractivity contribution >= 4 is 11.6 Å². The molecule has 0 saturated carbocycles. The van der Waals surface area contributed by atoms with Gasteiger partial charge in [0.25, 0.3) is 0 Å². The summed E-state index contributed by atoms with van der Waals surface area (Å²) in [5.41, 5.74) is 0. The lowest BCUT2D eigenvalue weighted by Crippen LogP contribution is -2.48. The fourth-order valence-corrected chi connectivity index (χ4v) is 3.39. The first-order valence-electron chi connectivity index (χ1n) is 8.31. The number of halogens is 2. The number of piperazine rings is 1. The molecular formula is C17H24ClFN2O2. The molecule has 2 aliphatic heterocycles. The molecule has 1 aromatic rings. The minimum atomic E-state index is -0.342. The zero-order chi connectivity index (χ0) is 16.1. The fraction of sp³-hybridized carbons (Fsp3) is 0.647. The molecule has 3 rings (SSSR count). The van der Waals surface area contributed by atoms with E-state index < -0.39 is 0 Å². The van der Waals surface area contributed by atoms with E-state index in [1.54, 1.807) is 6.07 Å². The van der Waals surface area contributed by atoms with E-state index in [9.17, 15) is 4.39 Å². The predicted molar refractivity (Wildman–Crippen MR) is 88.7 cm³/mol. The van der Waals surface area contributed by atoms with Gasteiger partial charge in [-0.3, -0.25) is 4.90 Å². The highest BCUT2D eigenvalue weighted by Crippen LogP contribution is 2.24. The first-order chi connectivity index (χ1) is 11.2. The van der Waals surface area contributed by atoms with Gasteiger partial charge in [0.05, 0.1) is 11.6 Å². The number of rotatable bonds is 6. The maximum Gasteiger partial charge on any atom is 0.138 e. The highest BCUT2D eigenvalue weighted by Gasteiger charge is 2.22. The molecule has 2 aliphatic rings. The van der Waals surface area contributed by atoms with Crippen LogP contribution in [0.5, 0.6) is 5.75 Å². The summed E-state index contributed by atoms with van der Waals surface area (Å²) < 4.78 is 24.1. The third kappa shape index (κ3) is 5.05. The van der Waals surface area contributed by atoms with Crippen LogP contribution in [0.3, 0.4) is 0 Å². The van der Waals surface area contributed by atoms with Gasteiger partial charge in [-0.15, -0.1) is 0 Å². The summed E-state index contributed by atoms with van der Waals surface area (Å²) in [4.78, 5) is 4.94. The highest BCUT2D eigenvalue weighted by atomic mass is 35.5. The van der Waals surface area contributed by atoms with E-state index in [1.807, 2.05) is 0 Å². The van der Waals surface area contributed by atoms with Crippen molar-refractivity contribution in [2.75, 3.05) is 59.1 Å². The van der Waals surface area contributed by atoms with Gasteiger partial charge in [-0.25, -0.2) is 4.39 Å². The Labute approximate surface area is 142 Å². The summed E-state index contributed by atoms with van der Waals surface area (Å²) >= 11 is 5.96. The molecule has 0 spiro atoms. The Balaban J connectivity index is 1.34. The Morgan fingerprint density at radius 1 is 1.22 bits per heavy atom. The van der Waals surface area contributed by atoms with Gasteiger partial charge in [0.2, 0.25) is 0 Å². The lowest BCUT2D eigenvalue weighted by atomic mass is 10.1. The van der Waals surface area contributed by atoms with Gasteiger partial charge < -0.3 is 14.4 Å². The lowest BCUT2D eigenvalue weighted by molar-refractivity contribution is 0.100. The zero-order valence-corrected chi connectivity index (χ0v) is 14.1. The molecule has 2 saturated heterocycles. The Hall–Kier alpha value is -0.880. The summed E-state index contributed by atoms with van der Waals surface area (Å²) in [7, 11) is 0. The third-order valence-corrected chi connectivity index (χ3v) is 4.86. The van der Waals surface area contributed by atoms with Crippen LogP contribution in [0.2, 0.25) is 5.02 Å². The van der Waals surface area contributed by atoms with E-state index in [0.717, 1.165) is 52.5 Å². The van der Waals surface area contributed by atoms with Crippen LogP contribution in [0.25, 0.3) is 0 Å². The quantitative estimate of drug-likeness (QED) is 0.793. The summed E-state index contributed by atoms with van der Waals surface area (Å²) in [5, 5.41) is 0.327. The van der Waals surface area contributed by atoms with Gasteiger partial charge >= 0.3 is 0 Å². The van der Waals surface area contributed by atoms with E-state index in [4.69, 9.17) is 21.1 Å². The number of hydrogen-bond donors (Lipinski definition) is 0. The second kappa shape index (κ2) is 8.29. The van der Waals surface area contributed by atoms with E-state index in [2.05, 4.69) is 9.80 Å². The van der Waals surface area contributed by atoms with Crippen LogP contribution in [0.4, 0.5) is 4.39 Å². The minimum absolute atomic E-state index is 0.327. The smallest absolute Gasteiger partial charge is 0.138 e. The monoisotopic (exact) mass is 342 g/mol. The molecule has 1 unspecified atom stereocenters. The average molecular weight is 343 g/mol. The Bertz CT molecular complexity index is 503. The maximum atomic E-state index is 13.0. The molecule has 6 heteroatoms. The van der Waals surface area contributed by atoms with E-state index in [-0.39, 0.29) is 5.82 Å². The van der Waals surface area contributed by atoms with Crippen LogP contribution >= 0.6 is 11.6 Å². The van der Waals surface area contributed by atoms with Gasteiger partial charge in [0.1, 0.15) is 18.2 Å². The third-order valence-electron chi connectivity index (χ3n) is 4.56. The van der Waals surface area contributed by atoms with E-state index >= 15 is 0 Å². The van der Waals surface area contributed by atoms with Crippen molar-refractivity contribution < 1.29 is 13.9 Å². The summed E-state index contributed by atoms with van der Waals surface area (Å²) in [6.07, 6.45) is 1.20. The Kier molecular flexibility index (Phi) is 6.11. The molecular weight excluding hydrogens is 319 g/mol. The lowest BCUT2D eigenvalue weighted by Gasteiger charge is -2.35. The number of nitrogens with zero attached hydrogens (tertiary/aromatic N) is 2. The van der Waals surface area contributed by atoms with Crippen LogP contribution in [-0.4, -0.2) is 68.9 Å². The molecule has 0 N–H and O–H groups in total. The molecule has 1 aromatic carbocycles. The highest BCUT2D eigenvalue weighted by molar-refractivity contribution is 6.32. The van der Waals surface area contributed by atoms with Crippen molar-refractivity contribution in [2.24, 2.45) is 5.92 Å². The van der Waals surface area contributed by atoms with Crippen molar-refractivity contribution in [3.8, 4) is 5.75 Å². The topological polar surface area (TPSA) is 24.9 Å². The molecule has 0 aromatic heterocycles. The molecule has 23 heavy (non-hydrogen) atoms. The minimum Gasteiger partial charge on any atom is -0.491 e. The van der Waals surface area contributed by atoms with Gasteiger partial charge in [0.15, 0.2) is 0 Å². The average Bonchev–Trinajstić information content (AvgIpc) is 3.04. The van der Waals surface area contributed by atoms with Gasteiger partial charge in [0, 0.05) is 45.9 Å². The summed E-state index contributed by atoms with van der Waals surface area (Å²) in [6, 6.07) is 4.23. The van der Waals surface area contributed by atoms with Crippen LogP contribution in [0, 0.1) is 11.7 Å². The van der Waals surface area contributed by atoms with Gasteiger partial charge in [-0.05, 0) is 30.5 Å². The van der Waals surface area contributed by atoms with E-state index in [1.165, 1.54) is 18.6 Å². The summed E-state index contributed by atoms with van der Waals surface area (Å²) in [6.45, 7) is 8.79. The van der Waals surface area contributed by atoms with Crippen LogP contribution in [0.1, 0.15) is 6.42 Å². The van der Waals surface area contributed by atoms with Crippen molar-refractivity contribution in [3.63, 3.8) is 0 Å². The molecule has 2 heterocycles. The van der Waals surface area contributed by atoms with Crippen LogP contribution in [-0.2, 0) is 4.74 Å². The SMILES string of the molecule is Fc1ccc(OCCN2CCN(CC3CCOC3)CC2)c(Cl)c1. The molecule has 2 fully saturated rings.